The number of rotatable bonds is 3. The molecule has 1 aromatic carbocycles. The van der Waals surface area contributed by atoms with Crippen molar-refractivity contribution in [3.63, 3.8) is 0 Å². The van der Waals surface area contributed by atoms with Gasteiger partial charge in [0.05, 0.1) is 11.8 Å². The summed E-state index contributed by atoms with van der Waals surface area (Å²) in [6.45, 7) is 1.75. The molecule has 6 heteroatoms. The quantitative estimate of drug-likeness (QED) is 0.850. The fraction of sp³-hybridized carbons (Fsp3) is 0.312. The van der Waals surface area contributed by atoms with E-state index in [0.717, 1.165) is 0 Å². The highest BCUT2D eigenvalue weighted by Gasteiger charge is 2.33. The van der Waals surface area contributed by atoms with Crippen molar-refractivity contribution in [2.24, 2.45) is 11.8 Å². The predicted molar refractivity (Wildman–Crippen MR) is 80.4 cm³/mol. The second-order valence-electron chi connectivity index (χ2n) is 5.40. The first-order valence-corrected chi connectivity index (χ1v) is 7.10. The highest BCUT2D eigenvalue weighted by atomic mass is 16.4. The number of carbonyl (C=O) groups excluding carboxylic acids is 1. The molecule has 0 unspecified atom stereocenters. The van der Waals surface area contributed by atoms with Gasteiger partial charge < -0.3 is 14.8 Å². The van der Waals surface area contributed by atoms with Gasteiger partial charge in [-0.05, 0) is 31.0 Å². The third-order valence-electron chi connectivity index (χ3n) is 3.85. The molecule has 0 radical (unpaired) electrons. The van der Waals surface area contributed by atoms with Crippen LogP contribution in [0.15, 0.2) is 34.8 Å². The first-order chi connectivity index (χ1) is 10.5. The van der Waals surface area contributed by atoms with Crippen molar-refractivity contribution in [2.75, 3.05) is 5.32 Å². The first kappa shape index (κ1) is 14.3. The number of amides is 1. The molecule has 0 aliphatic heterocycles. The maximum absolute atomic E-state index is 12.4. The van der Waals surface area contributed by atoms with Gasteiger partial charge >= 0.3 is 5.97 Å². The Morgan fingerprint density at radius 3 is 2.73 bits per heavy atom. The van der Waals surface area contributed by atoms with E-state index in [2.05, 4.69) is 10.3 Å². The smallest absolute Gasteiger partial charge is 0.307 e. The summed E-state index contributed by atoms with van der Waals surface area (Å²) in [4.78, 5) is 27.8. The summed E-state index contributed by atoms with van der Waals surface area (Å²) >= 11 is 0. The van der Waals surface area contributed by atoms with Crippen LogP contribution in [0.4, 0.5) is 5.69 Å². The molecule has 2 atom stereocenters. The summed E-state index contributed by atoms with van der Waals surface area (Å²) in [5.74, 6) is -1.90. The normalized spacial score (nSPS) is 21.0. The van der Waals surface area contributed by atoms with Gasteiger partial charge in [0.25, 0.3) is 0 Å². The van der Waals surface area contributed by atoms with Gasteiger partial charge in [-0.25, -0.2) is 4.98 Å². The van der Waals surface area contributed by atoms with Gasteiger partial charge in [0.15, 0.2) is 11.5 Å². The van der Waals surface area contributed by atoms with Crippen molar-refractivity contribution in [2.45, 2.75) is 19.8 Å². The summed E-state index contributed by atoms with van der Waals surface area (Å²) in [7, 11) is 0. The van der Waals surface area contributed by atoms with Crippen LogP contribution < -0.4 is 5.32 Å². The summed E-state index contributed by atoms with van der Waals surface area (Å²) in [6, 6.07) is 5.18. The van der Waals surface area contributed by atoms with E-state index >= 15 is 0 Å². The molecule has 2 N–H and O–H groups in total. The van der Waals surface area contributed by atoms with Gasteiger partial charge in [0, 0.05) is 12.6 Å². The van der Waals surface area contributed by atoms with Gasteiger partial charge in [-0.15, -0.1) is 0 Å². The number of carboxylic acid groups (broad SMARTS) is 1. The van der Waals surface area contributed by atoms with E-state index in [1.807, 2.05) is 12.2 Å². The second kappa shape index (κ2) is 5.63. The molecule has 1 amide bonds. The summed E-state index contributed by atoms with van der Waals surface area (Å²) in [5, 5.41) is 12.0. The zero-order valence-electron chi connectivity index (χ0n) is 12.1. The van der Waals surface area contributed by atoms with Crippen molar-refractivity contribution in [1.82, 2.24) is 4.98 Å². The standard InChI is InChI=1S/C16H16N2O4/c1-9-17-13-8-10(6-7-14(13)22-9)18-15(19)11-4-2-3-5-12(11)16(20)21/h2-3,6-8,11-12H,4-5H2,1H3,(H,18,19)(H,20,21)/t11-,12+/m1/s1. The number of carboxylic acids is 1. The van der Waals surface area contributed by atoms with Crippen molar-refractivity contribution < 1.29 is 19.1 Å². The van der Waals surface area contributed by atoms with Gasteiger partial charge in [-0.1, -0.05) is 12.2 Å². The Morgan fingerprint density at radius 1 is 1.27 bits per heavy atom. The fourth-order valence-electron chi connectivity index (χ4n) is 2.73. The molecule has 0 saturated heterocycles. The van der Waals surface area contributed by atoms with E-state index < -0.39 is 17.8 Å². The Hall–Kier alpha value is -2.63. The fourth-order valence-corrected chi connectivity index (χ4v) is 2.73. The molecule has 0 saturated carbocycles. The molecule has 1 heterocycles. The Bertz CT molecular complexity index is 763. The Balaban J connectivity index is 1.79. The number of anilines is 1. The number of allylic oxidation sites excluding steroid dienone is 2. The molecule has 1 aliphatic carbocycles. The number of nitrogens with zero attached hydrogens (tertiary/aromatic N) is 1. The number of carbonyl (C=O) groups is 2. The largest absolute Gasteiger partial charge is 0.481 e. The Morgan fingerprint density at radius 2 is 2.00 bits per heavy atom. The van der Waals surface area contributed by atoms with E-state index in [1.165, 1.54) is 0 Å². The summed E-state index contributed by atoms with van der Waals surface area (Å²) < 4.78 is 5.38. The number of benzene rings is 1. The average molecular weight is 300 g/mol. The monoisotopic (exact) mass is 300 g/mol. The number of aromatic nitrogens is 1. The van der Waals surface area contributed by atoms with Crippen LogP contribution in [-0.4, -0.2) is 22.0 Å². The number of aliphatic carboxylic acids is 1. The predicted octanol–water partition coefficient (Wildman–Crippen LogP) is 2.74. The van der Waals surface area contributed by atoms with E-state index in [0.29, 0.717) is 35.5 Å². The van der Waals surface area contributed by atoms with Gasteiger partial charge in [-0.3, -0.25) is 9.59 Å². The summed E-state index contributed by atoms with van der Waals surface area (Å²) in [5.41, 5.74) is 1.90. The van der Waals surface area contributed by atoms with Gasteiger partial charge in [0.2, 0.25) is 5.91 Å². The molecule has 1 aliphatic rings. The number of oxazole rings is 1. The van der Waals surface area contributed by atoms with Crippen molar-refractivity contribution in [3.8, 4) is 0 Å². The van der Waals surface area contributed by atoms with Crippen LogP contribution in [0.2, 0.25) is 0 Å². The van der Waals surface area contributed by atoms with Crippen LogP contribution in [0, 0.1) is 18.8 Å². The van der Waals surface area contributed by atoms with Crippen molar-refractivity contribution in [1.29, 1.82) is 0 Å². The minimum Gasteiger partial charge on any atom is -0.481 e. The van der Waals surface area contributed by atoms with Crippen molar-refractivity contribution in [3.05, 3.63) is 36.2 Å². The van der Waals surface area contributed by atoms with Crippen molar-refractivity contribution >= 4 is 28.7 Å². The average Bonchev–Trinajstić information content (AvgIpc) is 2.86. The van der Waals surface area contributed by atoms with E-state index in [-0.39, 0.29) is 5.91 Å². The molecule has 0 fully saturated rings. The lowest BCUT2D eigenvalue weighted by atomic mass is 9.82. The third kappa shape index (κ3) is 2.72. The lowest BCUT2D eigenvalue weighted by molar-refractivity contribution is -0.146. The number of aryl methyl sites for hydroxylation is 1. The van der Waals surface area contributed by atoms with Gasteiger partial charge in [0.1, 0.15) is 5.52 Å². The maximum Gasteiger partial charge on any atom is 0.307 e. The molecule has 2 aromatic rings. The van der Waals surface area contributed by atoms with Crippen LogP contribution in [0.25, 0.3) is 11.1 Å². The number of nitrogens with one attached hydrogen (secondary N) is 1. The highest BCUT2D eigenvalue weighted by Crippen LogP contribution is 2.28. The molecular formula is C16H16N2O4. The molecular weight excluding hydrogens is 284 g/mol. The lowest BCUT2D eigenvalue weighted by Gasteiger charge is -2.24. The van der Waals surface area contributed by atoms with Crippen LogP contribution in [-0.2, 0) is 9.59 Å². The van der Waals surface area contributed by atoms with Crippen LogP contribution in [0.5, 0.6) is 0 Å². The van der Waals surface area contributed by atoms with E-state index in [1.54, 1.807) is 25.1 Å². The zero-order chi connectivity index (χ0) is 15.7. The molecule has 0 spiro atoms. The summed E-state index contributed by atoms with van der Waals surface area (Å²) in [6.07, 6.45) is 4.49. The molecule has 0 bridgehead atoms. The lowest BCUT2D eigenvalue weighted by Crippen LogP contribution is -2.34. The molecule has 22 heavy (non-hydrogen) atoms. The molecule has 3 rings (SSSR count). The number of hydrogen-bond acceptors (Lipinski definition) is 4. The van der Waals surface area contributed by atoms with Crippen LogP contribution in [0.1, 0.15) is 18.7 Å². The highest BCUT2D eigenvalue weighted by molar-refractivity contribution is 5.96. The Labute approximate surface area is 126 Å². The van der Waals surface area contributed by atoms with Gasteiger partial charge in [-0.2, -0.15) is 0 Å². The third-order valence-corrected chi connectivity index (χ3v) is 3.85. The maximum atomic E-state index is 12.4. The van der Waals surface area contributed by atoms with E-state index in [9.17, 15) is 14.7 Å². The second-order valence-corrected chi connectivity index (χ2v) is 5.40. The molecule has 6 nitrogen and oxygen atoms in total. The Kier molecular flexibility index (Phi) is 3.66. The topological polar surface area (TPSA) is 92.4 Å². The van der Waals surface area contributed by atoms with Crippen LogP contribution in [0.3, 0.4) is 0 Å². The minimum atomic E-state index is -0.938. The number of hydrogen-bond donors (Lipinski definition) is 2. The zero-order valence-corrected chi connectivity index (χ0v) is 12.1. The van der Waals surface area contributed by atoms with Crippen LogP contribution >= 0.6 is 0 Å². The first-order valence-electron chi connectivity index (χ1n) is 7.10. The molecule has 1 aromatic heterocycles. The van der Waals surface area contributed by atoms with E-state index in [4.69, 9.17) is 4.42 Å². The number of fused-ring (bicyclic) bond motifs is 1. The minimum absolute atomic E-state index is 0.281. The molecule has 114 valence electrons. The SMILES string of the molecule is Cc1nc2cc(NC(=O)[C@@H]3CC=CC[C@@H]3C(=O)O)ccc2o1.